The average molecular weight is 241 g/mol. The molecule has 0 spiro atoms. The van der Waals surface area contributed by atoms with Crippen molar-refractivity contribution in [3.8, 4) is 6.07 Å². The Hall–Kier alpha value is -2.54. The Morgan fingerprint density at radius 2 is 2.06 bits per heavy atom. The van der Waals surface area contributed by atoms with Gasteiger partial charge in [-0.2, -0.15) is 5.26 Å². The first-order valence-electron chi connectivity index (χ1n) is 5.43. The van der Waals surface area contributed by atoms with Gasteiger partial charge >= 0.3 is 0 Å². The minimum Gasteiger partial charge on any atom is -0.398 e. The molecular weight excluding hydrogens is 229 g/mol. The van der Waals surface area contributed by atoms with Crippen LogP contribution >= 0.6 is 0 Å². The van der Waals surface area contributed by atoms with Crippen molar-refractivity contribution in [2.45, 2.75) is 6.92 Å². The zero-order valence-corrected chi connectivity index (χ0v) is 9.87. The molecular formula is C14H12FN3. The highest BCUT2D eigenvalue weighted by molar-refractivity contribution is 5.68. The number of halogens is 1. The SMILES string of the molecule is Cc1cccc(F)c1Nc1ccc(N)c(C#N)c1. The highest BCUT2D eigenvalue weighted by atomic mass is 19.1. The predicted octanol–water partition coefficient (Wildman–Crippen LogP) is 3.33. The maximum absolute atomic E-state index is 13.6. The lowest BCUT2D eigenvalue weighted by atomic mass is 10.1. The standard InChI is InChI=1S/C14H12FN3/c1-9-3-2-4-12(15)14(9)18-11-5-6-13(17)10(7-11)8-16/h2-7,18H,17H2,1H3. The summed E-state index contributed by atoms with van der Waals surface area (Å²) >= 11 is 0. The van der Waals surface area contributed by atoms with Crippen LogP contribution in [0.15, 0.2) is 36.4 Å². The average Bonchev–Trinajstić information content (AvgIpc) is 2.36. The maximum Gasteiger partial charge on any atom is 0.146 e. The Bertz CT molecular complexity index is 609. The molecule has 0 fully saturated rings. The Balaban J connectivity index is 2.38. The van der Waals surface area contributed by atoms with Crippen molar-refractivity contribution in [2.75, 3.05) is 11.1 Å². The lowest BCUT2D eigenvalue weighted by molar-refractivity contribution is 0.631. The molecule has 2 aromatic rings. The Labute approximate surface area is 105 Å². The van der Waals surface area contributed by atoms with Gasteiger partial charge in [-0.15, -0.1) is 0 Å². The first-order chi connectivity index (χ1) is 8.61. The molecule has 0 heterocycles. The van der Waals surface area contributed by atoms with E-state index in [0.29, 0.717) is 22.6 Å². The molecule has 2 rings (SSSR count). The van der Waals surface area contributed by atoms with Crippen LogP contribution < -0.4 is 11.1 Å². The molecule has 0 atom stereocenters. The quantitative estimate of drug-likeness (QED) is 0.793. The van der Waals surface area contributed by atoms with E-state index in [1.165, 1.54) is 6.07 Å². The summed E-state index contributed by atoms with van der Waals surface area (Å²) < 4.78 is 13.6. The number of benzene rings is 2. The highest BCUT2D eigenvalue weighted by Crippen LogP contribution is 2.25. The van der Waals surface area contributed by atoms with Gasteiger partial charge in [-0.25, -0.2) is 4.39 Å². The molecule has 3 nitrogen and oxygen atoms in total. The minimum absolute atomic E-state index is 0.328. The molecule has 0 saturated heterocycles. The van der Waals surface area contributed by atoms with Crippen LogP contribution in [-0.2, 0) is 0 Å². The molecule has 0 radical (unpaired) electrons. The maximum atomic E-state index is 13.6. The summed E-state index contributed by atoms with van der Waals surface area (Å²) in [5.74, 6) is -0.328. The van der Waals surface area contributed by atoms with E-state index in [-0.39, 0.29) is 5.82 Å². The fourth-order valence-electron chi connectivity index (χ4n) is 1.67. The molecule has 0 aliphatic carbocycles. The first kappa shape index (κ1) is 11.9. The van der Waals surface area contributed by atoms with Crippen LogP contribution in [0.1, 0.15) is 11.1 Å². The third-order valence-corrected chi connectivity index (χ3v) is 2.67. The molecule has 3 N–H and O–H groups in total. The fraction of sp³-hybridized carbons (Fsp3) is 0.0714. The van der Waals surface area contributed by atoms with E-state index >= 15 is 0 Å². The van der Waals surface area contributed by atoms with E-state index in [1.807, 2.05) is 19.1 Å². The number of nitriles is 1. The number of nitrogens with zero attached hydrogens (tertiary/aromatic N) is 1. The summed E-state index contributed by atoms with van der Waals surface area (Å²) in [7, 11) is 0. The van der Waals surface area contributed by atoms with Gasteiger partial charge in [0.15, 0.2) is 0 Å². The number of hydrogen-bond acceptors (Lipinski definition) is 3. The zero-order valence-electron chi connectivity index (χ0n) is 9.87. The molecule has 90 valence electrons. The number of hydrogen-bond donors (Lipinski definition) is 2. The van der Waals surface area contributed by atoms with Crippen LogP contribution in [0.4, 0.5) is 21.5 Å². The summed E-state index contributed by atoms with van der Waals surface area (Å²) in [6.45, 7) is 1.81. The van der Waals surface area contributed by atoms with Crippen LogP contribution in [0.25, 0.3) is 0 Å². The Kier molecular flexibility index (Phi) is 3.16. The van der Waals surface area contributed by atoms with Gasteiger partial charge in [-0.1, -0.05) is 12.1 Å². The third kappa shape index (κ3) is 2.25. The first-order valence-corrected chi connectivity index (χ1v) is 5.43. The number of nitrogens with two attached hydrogens (primary N) is 1. The van der Waals surface area contributed by atoms with Crippen molar-refractivity contribution in [1.29, 1.82) is 5.26 Å². The second-order valence-corrected chi connectivity index (χ2v) is 3.97. The van der Waals surface area contributed by atoms with E-state index < -0.39 is 0 Å². The molecule has 0 aliphatic rings. The second kappa shape index (κ2) is 4.76. The molecule has 0 amide bonds. The normalized spacial score (nSPS) is 9.83. The fourth-order valence-corrected chi connectivity index (χ4v) is 1.67. The Morgan fingerprint density at radius 3 is 2.72 bits per heavy atom. The van der Waals surface area contributed by atoms with E-state index in [9.17, 15) is 4.39 Å². The molecule has 0 aliphatic heterocycles. The van der Waals surface area contributed by atoms with Crippen LogP contribution in [0.5, 0.6) is 0 Å². The Morgan fingerprint density at radius 1 is 1.28 bits per heavy atom. The number of nitrogens with one attached hydrogen (secondary N) is 1. The largest absolute Gasteiger partial charge is 0.398 e. The van der Waals surface area contributed by atoms with Crippen LogP contribution in [0.2, 0.25) is 0 Å². The van der Waals surface area contributed by atoms with E-state index in [0.717, 1.165) is 5.56 Å². The van der Waals surface area contributed by atoms with Gasteiger partial charge in [-0.05, 0) is 36.8 Å². The predicted molar refractivity (Wildman–Crippen MR) is 70.0 cm³/mol. The van der Waals surface area contributed by atoms with Gasteiger partial charge < -0.3 is 11.1 Å². The molecule has 18 heavy (non-hydrogen) atoms. The summed E-state index contributed by atoms with van der Waals surface area (Å²) in [4.78, 5) is 0. The number of para-hydroxylation sites is 1. The van der Waals surface area contributed by atoms with Crippen molar-refractivity contribution in [3.63, 3.8) is 0 Å². The van der Waals surface area contributed by atoms with Gasteiger partial charge in [0.2, 0.25) is 0 Å². The van der Waals surface area contributed by atoms with Crippen LogP contribution in [-0.4, -0.2) is 0 Å². The summed E-state index contributed by atoms with van der Waals surface area (Å²) in [6.07, 6.45) is 0. The summed E-state index contributed by atoms with van der Waals surface area (Å²) in [5, 5.41) is 11.8. The van der Waals surface area contributed by atoms with E-state index in [1.54, 1.807) is 24.3 Å². The van der Waals surface area contributed by atoms with Gasteiger partial charge in [0, 0.05) is 11.4 Å². The van der Waals surface area contributed by atoms with Gasteiger partial charge in [0.1, 0.15) is 11.9 Å². The van der Waals surface area contributed by atoms with Crippen molar-refractivity contribution in [1.82, 2.24) is 0 Å². The summed E-state index contributed by atoms with van der Waals surface area (Å²) in [5.41, 5.74) is 8.25. The number of rotatable bonds is 2. The number of nitrogen functional groups attached to an aromatic ring is 1. The monoisotopic (exact) mass is 241 g/mol. The molecule has 4 heteroatoms. The minimum atomic E-state index is -0.328. The van der Waals surface area contributed by atoms with Crippen LogP contribution in [0, 0.1) is 24.1 Å². The molecule has 0 aromatic heterocycles. The smallest absolute Gasteiger partial charge is 0.146 e. The van der Waals surface area contributed by atoms with Gasteiger partial charge in [0.05, 0.1) is 11.3 Å². The van der Waals surface area contributed by atoms with Gasteiger partial charge in [-0.3, -0.25) is 0 Å². The van der Waals surface area contributed by atoms with Crippen molar-refractivity contribution >= 4 is 17.1 Å². The summed E-state index contributed by atoms with van der Waals surface area (Å²) in [6, 6.07) is 11.8. The van der Waals surface area contributed by atoms with Crippen molar-refractivity contribution in [3.05, 3.63) is 53.3 Å². The molecule has 2 aromatic carbocycles. The number of aryl methyl sites for hydroxylation is 1. The third-order valence-electron chi connectivity index (χ3n) is 2.67. The topological polar surface area (TPSA) is 61.8 Å². The van der Waals surface area contributed by atoms with Crippen molar-refractivity contribution in [2.24, 2.45) is 0 Å². The van der Waals surface area contributed by atoms with E-state index in [4.69, 9.17) is 11.0 Å². The zero-order chi connectivity index (χ0) is 13.1. The van der Waals surface area contributed by atoms with Crippen LogP contribution in [0.3, 0.4) is 0 Å². The number of anilines is 3. The lowest BCUT2D eigenvalue weighted by Crippen LogP contribution is -1.98. The van der Waals surface area contributed by atoms with Crippen molar-refractivity contribution < 1.29 is 4.39 Å². The molecule has 0 bridgehead atoms. The second-order valence-electron chi connectivity index (χ2n) is 3.97. The lowest BCUT2D eigenvalue weighted by Gasteiger charge is -2.11. The molecule has 0 saturated carbocycles. The van der Waals surface area contributed by atoms with E-state index in [2.05, 4.69) is 5.32 Å². The van der Waals surface area contributed by atoms with Gasteiger partial charge in [0.25, 0.3) is 0 Å². The highest BCUT2D eigenvalue weighted by Gasteiger charge is 2.06. The molecule has 0 unspecified atom stereocenters.